The molecule has 0 aromatic heterocycles. The van der Waals surface area contributed by atoms with Gasteiger partial charge < -0.3 is 15.4 Å². The molecule has 0 bridgehead atoms. The van der Waals surface area contributed by atoms with E-state index < -0.39 is 0 Å². The van der Waals surface area contributed by atoms with Crippen molar-refractivity contribution in [2.45, 2.75) is 13.3 Å². The molecule has 116 valence electrons. The Kier molecular flexibility index (Phi) is 6.27. The second-order valence-corrected chi connectivity index (χ2v) is 5.83. The van der Waals surface area contributed by atoms with Crippen LogP contribution in [-0.2, 0) is 6.42 Å². The number of amides is 2. The van der Waals surface area contributed by atoms with E-state index in [9.17, 15) is 4.79 Å². The average molecular weight is 363 g/mol. The third-order valence-corrected chi connectivity index (χ3v) is 3.63. The van der Waals surface area contributed by atoms with Crippen molar-refractivity contribution in [3.63, 3.8) is 0 Å². The molecule has 2 amide bonds. The minimum atomic E-state index is -0.232. The van der Waals surface area contributed by atoms with Crippen LogP contribution in [0.2, 0.25) is 0 Å². The molecule has 4 nitrogen and oxygen atoms in total. The van der Waals surface area contributed by atoms with E-state index in [2.05, 4.69) is 26.6 Å². The first-order valence-corrected chi connectivity index (χ1v) is 7.88. The largest absolute Gasteiger partial charge is 0.473 e. The highest BCUT2D eigenvalue weighted by Crippen LogP contribution is 2.11. The summed E-state index contributed by atoms with van der Waals surface area (Å²) in [5.41, 5.74) is 2.35. The maximum absolute atomic E-state index is 11.6. The monoisotopic (exact) mass is 362 g/mol. The number of hydrogen-bond acceptors (Lipinski definition) is 2. The van der Waals surface area contributed by atoms with E-state index in [4.69, 9.17) is 4.74 Å². The summed E-state index contributed by atoms with van der Waals surface area (Å²) in [5, 5.41) is 5.46. The van der Waals surface area contributed by atoms with Crippen molar-refractivity contribution in [1.29, 1.82) is 0 Å². The average Bonchev–Trinajstić information content (AvgIpc) is 2.51. The van der Waals surface area contributed by atoms with Gasteiger partial charge in [-0.05, 0) is 43.2 Å². The van der Waals surface area contributed by atoms with Gasteiger partial charge in [0.05, 0.1) is 0 Å². The van der Waals surface area contributed by atoms with Gasteiger partial charge >= 0.3 is 6.03 Å². The van der Waals surface area contributed by atoms with Gasteiger partial charge in [-0.2, -0.15) is 0 Å². The van der Waals surface area contributed by atoms with Crippen molar-refractivity contribution >= 4 is 22.0 Å². The molecule has 0 aliphatic rings. The standard InChI is InChI=1S/C17H19BrN2O2/c1-13-2-8-16(9-3-13)22-12-20-17(21)19-11-10-14-4-6-15(18)7-5-14/h2-9H,10-12H2,1H3,(H2,19,20,21). The van der Waals surface area contributed by atoms with Crippen LogP contribution < -0.4 is 15.4 Å². The molecule has 0 heterocycles. The van der Waals surface area contributed by atoms with Crippen molar-refractivity contribution in [2.24, 2.45) is 0 Å². The topological polar surface area (TPSA) is 50.4 Å². The van der Waals surface area contributed by atoms with Crippen LogP contribution in [0.15, 0.2) is 53.0 Å². The number of rotatable bonds is 6. The highest BCUT2D eigenvalue weighted by molar-refractivity contribution is 9.10. The van der Waals surface area contributed by atoms with E-state index in [1.54, 1.807) is 0 Å². The van der Waals surface area contributed by atoms with E-state index >= 15 is 0 Å². The SMILES string of the molecule is Cc1ccc(OCNC(=O)NCCc2ccc(Br)cc2)cc1. The van der Waals surface area contributed by atoms with Crippen molar-refractivity contribution in [2.75, 3.05) is 13.3 Å². The third-order valence-electron chi connectivity index (χ3n) is 3.11. The highest BCUT2D eigenvalue weighted by Gasteiger charge is 2.00. The lowest BCUT2D eigenvalue weighted by atomic mass is 10.1. The fourth-order valence-electron chi connectivity index (χ4n) is 1.85. The summed E-state index contributed by atoms with van der Waals surface area (Å²) in [6, 6.07) is 15.5. The van der Waals surface area contributed by atoms with E-state index in [1.807, 2.05) is 55.5 Å². The van der Waals surface area contributed by atoms with E-state index in [1.165, 1.54) is 11.1 Å². The Labute approximate surface area is 139 Å². The molecule has 0 spiro atoms. The second kappa shape index (κ2) is 8.44. The molecular weight excluding hydrogens is 344 g/mol. The summed E-state index contributed by atoms with van der Waals surface area (Å²) >= 11 is 3.39. The van der Waals surface area contributed by atoms with Gasteiger partial charge in [-0.1, -0.05) is 45.8 Å². The number of aryl methyl sites for hydroxylation is 1. The van der Waals surface area contributed by atoms with Crippen molar-refractivity contribution in [1.82, 2.24) is 10.6 Å². The van der Waals surface area contributed by atoms with Crippen LogP contribution >= 0.6 is 15.9 Å². The Bertz CT molecular complexity index is 544. The van der Waals surface area contributed by atoms with Crippen molar-refractivity contribution < 1.29 is 9.53 Å². The van der Waals surface area contributed by atoms with Crippen LogP contribution in [0, 0.1) is 6.92 Å². The molecule has 0 fully saturated rings. The third kappa shape index (κ3) is 5.77. The minimum Gasteiger partial charge on any atom is -0.473 e. The number of benzene rings is 2. The number of hydrogen-bond donors (Lipinski definition) is 2. The molecule has 5 heteroatoms. The molecule has 0 saturated heterocycles. The maximum atomic E-state index is 11.6. The molecule has 0 saturated carbocycles. The summed E-state index contributed by atoms with van der Waals surface area (Å²) in [6.07, 6.45) is 0.791. The molecular formula is C17H19BrN2O2. The van der Waals surface area contributed by atoms with E-state index in [0.29, 0.717) is 6.54 Å². The van der Waals surface area contributed by atoms with Gasteiger partial charge in [0, 0.05) is 11.0 Å². The number of carbonyl (C=O) groups excluding carboxylic acids is 1. The smallest absolute Gasteiger partial charge is 0.317 e. The van der Waals surface area contributed by atoms with Gasteiger partial charge in [0.15, 0.2) is 6.73 Å². The lowest BCUT2D eigenvalue weighted by Gasteiger charge is -2.09. The fourth-order valence-corrected chi connectivity index (χ4v) is 2.12. The lowest BCUT2D eigenvalue weighted by Crippen LogP contribution is -2.38. The summed E-state index contributed by atoms with van der Waals surface area (Å²) in [5.74, 6) is 0.737. The Balaban J connectivity index is 1.61. The normalized spacial score (nSPS) is 10.1. The van der Waals surface area contributed by atoms with E-state index in [0.717, 1.165) is 16.6 Å². The van der Waals surface area contributed by atoms with Crippen LogP contribution in [0.25, 0.3) is 0 Å². The summed E-state index contributed by atoms with van der Waals surface area (Å²) in [4.78, 5) is 11.6. The zero-order valence-electron chi connectivity index (χ0n) is 12.4. The molecule has 0 aliphatic heterocycles. The van der Waals surface area contributed by atoms with Crippen LogP contribution in [-0.4, -0.2) is 19.3 Å². The molecule has 2 N–H and O–H groups in total. The molecule has 2 aromatic rings. The predicted octanol–water partition coefficient (Wildman–Crippen LogP) is 3.64. The zero-order valence-corrected chi connectivity index (χ0v) is 14.0. The zero-order chi connectivity index (χ0) is 15.8. The summed E-state index contributed by atoms with van der Waals surface area (Å²) in [7, 11) is 0. The first-order valence-electron chi connectivity index (χ1n) is 7.09. The number of urea groups is 1. The van der Waals surface area contributed by atoms with Gasteiger partial charge in [0.25, 0.3) is 0 Å². The molecule has 2 aromatic carbocycles. The predicted molar refractivity (Wildman–Crippen MR) is 91.1 cm³/mol. The molecule has 0 aliphatic carbocycles. The number of nitrogens with one attached hydrogen (secondary N) is 2. The van der Waals surface area contributed by atoms with Crippen molar-refractivity contribution in [3.05, 3.63) is 64.1 Å². The number of ether oxygens (including phenoxy) is 1. The molecule has 0 atom stereocenters. The Hall–Kier alpha value is -2.01. The van der Waals surface area contributed by atoms with E-state index in [-0.39, 0.29) is 12.8 Å². The Morgan fingerprint density at radius 3 is 2.41 bits per heavy atom. The summed E-state index contributed by atoms with van der Waals surface area (Å²) in [6.45, 7) is 2.74. The van der Waals surface area contributed by atoms with Gasteiger partial charge in [-0.15, -0.1) is 0 Å². The highest BCUT2D eigenvalue weighted by atomic mass is 79.9. The Morgan fingerprint density at radius 2 is 1.73 bits per heavy atom. The first-order chi connectivity index (χ1) is 10.6. The fraction of sp³-hybridized carbons (Fsp3) is 0.235. The molecule has 0 radical (unpaired) electrons. The van der Waals surface area contributed by atoms with Gasteiger partial charge in [0.1, 0.15) is 5.75 Å². The molecule has 22 heavy (non-hydrogen) atoms. The van der Waals surface area contributed by atoms with Crippen LogP contribution in [0.1, 0.15) is 11.1 Å². The van der Waals surface area contributed by atoms with Crippen LogP contribution in [0.4, 0.5) is 4.79 Å². The van der Waals surface area contributed by atoms with Gasteiger partial charge in [-0.25, -0.2) is 4.79 Å². The first kappa shape index (κ1) is 16.4. The second-order valence-electron chi connectivity index (χ2n) is 4.91. The summed E-state index contributed by atoms with van der Waals surface area (Å²) < 4.78 is 6.48. The van der Waals surface area contributed by atoms with Crippen LogP contribution in [0.5, 0.6) is 5.75 Å². The quantitative estimate of drug-likeness (QED) is 0.770. The van der Waals surface area contributed by atoms with Gasteiger partial charge in [-0.3, -0.25) is 0 Å². The number of carbonyl (C=O) groups is 1. The minimum absolute atomic E-state index is 0.146. The molecule has 0 unspecified atom stereocenters. The van der Waals surface area contributed by atoms with Crippen LogP contribution in [0.3, 0.4) is 0 Å². The lowest BCUT2D eigenvalue weighted by molar-refractivity contribution is 0.224. The molecule has 2 rings (SSSR count). The maximum Gasteiger partial charge on any atom is 0.317 e. The number of halogens is 1. The van der Waals surface area contributed by atoms with Gasteiger partial charge in [0.2, 0.25) is 0 Å². The van der Waals surface area contributed by atoms with Crippen molar-refractivity contribution in [3.8, 4) is 5.75 Å². The Morgan fingerprint density at radius 1 is 1.05 bits per heavy atom.